The van der Waals surface area contributed by atoms with Crippen molar-refractivity contribution < 1.29 is 4.74 Å². The van der Waals surface area contributed by atoms with Gasteiger partial charge in [-0.3, -0.25) is 4.98 Å². The Kier molecular flexibility index (Phi) is 6.37. The van der Waals surface area contributed by atoms with Gasteiger partial charge in [0.15, 0.2) is 0 Å². The quantitative estimate of drug-likeness (QED) is 0.296. The van der Waals surface area contributed by atoms with Crippen LogP contribution in [0.1, 0.15) is 5.69 Å². The molecule has 0 amide bonds. The average Bonchev–Trinajstić information content (AvgIpc) is 2.83. The van der Waals surface area contributed by atoms with E-state index in [1.165, 1.54) is 15.9 Å². The van der Waals surface area contributed by atoms with Gasteiger partial charge in [-0.1, -0.05) is 67.3 Å². The molecule has 0 saturated heterocycles. The molecule has 0 aliphatic heterocycles. The van der Waals surface area contributed by atoms with E-state index in [1.54, 1.807) is 6.08 Å². The maximum Gasteiger partial charge on any atom is 0.145 e. The van der Waals surface area contributed by atoms with Crippen LogP contribution in [0, 0.1) is 0 Å². The van der Waals surface area contributed by atoms with Crippen molar-refractivity contribution in [2.45, 2.75) is 6.16 Å². The van der Waals surface area contributed by atoms with Gasteiger partial charge in [0.1, 0.15) is 47.4 Å². The number of pyridine rings is 1. The molecule has 148 valence electrons. The second kappa shape index (κ2) is 9.52. The van der Waals surface area contributed by atoms with E-state index in [9.17, 15) is 0 Å². The van der Waals surface area contributed by atoms with Crippen LogP contribution in [-0.4, -0.2) is 11.6 Å². The first kappa shape index (κ1) is 20.1. The molecule has 0 aliphatic rings. The third-order valence-corrected chi connectivity index (χ3v) is 9.50. The van der Waals surface area contributed by atoms with Crippen LogP contribution in [0.4, 0.5) is 0 Å². The largest absolute Gasteiger partial charge is 0.487 e. The molecule has 0 unspecified atom stereocenters. The van der Waals surface area contributed by atoms with E-state index in [1.807, 2.05) is 18.3 Å². The molecule has 3 aromatic carbocycles. The van der Waals surface area contributed by atoms with Crippen molar-refractivity contribution >= 4 is 23.2 Å². The molecule has 2 nitrogen and oxygen atoms in total. The van der Waals surface area contributed by atoms with Crippen LogP contribution >= 0.6 is 7.26 Å². The molecular weight excluding hydrogens is 385 g/mol. The highest BCUT2D eigenvalue weighted by atomic mass is 31.2. The number of ether oxygens (including phenoxy) is 1. The van der Waals surface area contributed by atoms with Crippen molar-refractivity contribution in [2.24, 2.45) is 0 Å². The van der Waals surface area contributed by atoms with Gasteiger partial charge in [0.2, 0.25) is 0 Å². The van der Waals surface area contributed by atoms with Crippen molar-refractivity contribution in [1.29, 1.82) is 0 Å². The highest BCUT2D eigenvalue weighted by Gasteiger charge is 2.46. The second-order valence-corrected chi connectivity index (χ2v) is 10.5. The molecule has 0 aliphatic carbocycles. The smallest absolute Gasteiger partial charge is 0.145 e. The monoisotopic (exact) mass is 410 g/mol. The molecule has 1 heterocycles. The predicted octanol–water partition coefficient (Wildman–Crippen LogP) is 5.14. The molecule has 3 heteroatoms. The van der Waals surface area contributed by atoms with Crippen molar-refractivity contribution in [1.82, 2.24) is 4.98 Å². The lowest BCUT2D eigenvalue weighted by molar-refractivity contribution is 0.358. The molecule has 30 heavy (non-hydrogen) atoms. The number of hydrogen-bond acceptors (Lipinski definition) is 2. The summed E-state index contributed by atoms with van der Waals surface area (Å²) in [6.45, 7) is 4.25. The summed E-state index contributed by atoms with van der Waals surface area (Å²) < 4.78 is 5.98. The van der Waals surface area contributed by atoms with Crippen molar-refractivity contribution in [2.75, 3.05) is 6.61 Å². The first-order chi connectivity index (χ1) is 14.8. The van der Waals surface area contributed by atoms with Crippen molar-refractivity contribution in [3.8, 4) is 5.75 Å². The molecule has 0 saturated carbocycles. The summed E-state index contributed by atoms with van der Waals surface area (Å²) in [7, 11) is -2.00. The van der Waals surface area contributed by atoms with Crippen LogP contribution in [0.15, 0.2) is 122 Å². The number of hydrogen-bond donors (Lipinski definition) is 0. The van der Waals surface area contributed by atoms with E-state index >= 15 is 0 Å². The van der Waals surface area contributed by atoms with E-state index in [4.69, 9.17) is 9.72 Å². The molecule has 0 N–H and O–H groups in total. The SMILES string of the molecule is C=CCOc1cccnc1C[P+](c1ccccc1)(c1ccccc1)c1ccccc1. The topological polar surface area (TPSA) is 22.1 Å². The van der Waals surface area contributed by atoms with Crippen LogP contribution in [0.5, 0.6) is 5.75 Å². The lowest BCUT2D eigenvalue weighted by Crippen LogP contribution is -2.32. The molecule has 0 bridgehead atoms. The van der Waals surface area contributed by atoms with E-state index in [-0.39, 0.29) is 0 Å². The van der Waals surface area contributed by atoms with Gasteiger partial charge in [-0.25, -0.2) is 0 Å². The standard InChI is InChI=1S/C27H25NOP/c1-2-21-29-27-19-12-20-28-26(27)22-30(23-13-6-3-7-14-23,24-15-8-4-9-16-24)25-17-10-5-11-18-25/h2-20H,1,21-22H2/q+1. The summed E-state index contributed by atoms with van der Waals surface area (Å²) in [6, 6.07) is 36.4. The average molecular weight is 410 g/mol. The summed E-state index contributed by atoms with van der Waals surface area (Å²) in [6.07, 6.45) is 4.41. The Morgan fingerprint density at radius 3 is 1.67 bits per heavy atom. The molecule has 4 aromatic rings. The minimum Gasteiger partial charge on any atom is -0.487 e. The normalized spacial score (nSPS) is 11.1. The summed E-state index contributed by atoms with van der Waals surface area (Å²) in [4.78, 5) is 4.76. The zero-order valence-corrected chi connectivity index (χ0v) is 17.8. The Balaban J connectivity index is 1.96. The highest BCUT2D eigenvalue weighted by Crippen LogP contribution is 2.58. The third kappa shape index (κ3) is 4.06. The third-order valence-electron chi connectivity index (χ3n) is 5.18. The Hall–Kier alpha value is -3.22. The lowest BCUT2D eigenvalue weighted by atomic mass is 10.3. The van der Waals surface area contributed by atoms with Gasteiger partial charge >= 0.3 is 0 Å². The van der Waals surface area contributed by atoms with Crippen LogP contribution in [-0.2, 0) is 6.16 Å². The zero-order valence-electron chi connectivity index (χ0n) is 16.9. The summed E-state index contributed by atoms with van der Waals surface area (Å²) in [5, 5.41) is 4.01. The van der Waals surface area contributed by atoms with Gasteiger partial charge < -0.3 is 4.74 Å². The molecule has 4 rings (SSSR count). The van der Waals surface area contributed by atoms with Gasteiger partial charge in [-0.05, 0) is 48.5 Å². The maximum absolute atomic E-state index is 5.98. The van der Waals surface area contributed by atoms with Crippen LogP contribution < -0.4 is 20.7 Å². The molecular formula is C27H25NOP+. The molecule has 0 spiro atoms. The minimum absolute atomic E-state index is 0.464. The number of aromatic nitrogens is 1. The van der Waals surface area contributed by atoms with Crippen molar-refractivity contribution in [3.63, 3.8) is 0 Å². The van der Waals surface area contributed by atoms with Crippen LogP contribution in [0.25, 0.3) is 0 Å². The Morgan fingerprint density at radius 2 is 1.20 bits per heavy atom. The number of rotatable bonds is 8. The second-order valence-electron chi connectivity index (χ2n) is 7.02. The van der Waals surface area contributed by atoms with Crippen LogP contribution in [0.2, 0.25) is 0 Å². The fraction of sp³-hybridized carbons (Fsp3) is 0.0741. The van der Waals surface area contributed by atoms with E-state index in [0.29, 0.717) is 6.61 Å². The zero-order chi connectivity index (χ0) is 20.7. The first-order valence-electron chi connectivity index (χ1n) is 10.1. The highest BCUT2D eigenvalue weighted by molar-refractivity contribution is 7.95. The number of nitrogens with zero attached hydrogens (tertiary/aromatic N) is 1. The van der Waals surface area contributed by atoms with E-state index < -0.39 is 7.26 Å². The predicted molar refractivity (Wildman–Crippen MR) is 129 cm³/mol. The molecule has 1 aromatic heterocycles. The van der Waals surface area contributed by atoms with Gasteiger partial charge in [-0.2, -0.15) is 0 Å². The molecule has 0 fully saturated rings. The van der Waals surface area contributed by atoms with E-state index in [2.05, 4.69) is 97.6 Å². The Labute approximate surface area is 179 Å². The van der Waals surface area contributed by atoms with Gasteiger partial charge in [0.05, 0.1) is 0 Å². The fourth-order valence-corrected chi connectivity index (χ4v) is 7.99. The Bertz CT molecular complexity index is 985. The summed E-state index contributed by atoms with van der Waals surface area (Å²) >= 11 is 0. The Morgan fingerprint density at radius 1 is 0.700 bits per heavy atom. The summed E-state index contributed by atoms with van der Waals surface area (Å²) in [5.41, 5.74) is 0.976. The lowest BCUT2D eigenvalue weighted by Gasteiger charge is -2.28. The summed E-state index contributed by atoms with van der Waals surface area (Å²) in [5.74, 6) is 0.824. The maximum atomic E-state index is 5.98. The van der Waals surface area contributed by atoms with Crippen LogP contribution in [0.3, 0.4) is 0 Å². The molecule has 0 atom stereocenters. The fourth-order valence-electron chi connectivity index (χ4n) is 3.82. The van der Waals surface area contributed by atoms with Crippen molar-refractivity contribution in [3.05, 3.63) is 128 Å². The minimum atomic E-state index is -2.00. The number of benzene rings is 3. The first-order valence-corrected chi connectivity index (χ1v) is 12.0. The van der Waals surface area contributed by atoms with Gasteiger partial charge in [0, 0.05) is 6.20 Å². The van der Waals surface area contributed by atoms with Gasteiger partial charge in [0.25, 0.3) is 0 Å². The molecule has 0 radical (unpaired) electrons. The van der Waals surface area contributed by atoms with Gasteiger partial charge in [-0.15, -0.1) is 0 Å². The van der Waals surface area contributed by atoms with E-state index in [0.717, 1.165) is 17.6 Å².